The molecule has 0 spiro atoms. The topological polar surface area (TPSA) is 24.8 Å². The fraction of sp³-hybridized carbons (Fsp3) is 0.357. The molecule has 1 aliphatic carbocycles. The second-order valence-electron chi connectivity index (χ2n) is 4.61. The van der Waals surface area contributed by atoms with E-state index in [1.165, 1.54) is 18.9 Å². The molecule has 0 aromatic heterocycles. The molecule has 0 N–H and O–H groups in total. The van der Waals surface area contributed by atoms with Crippen molar-refractivity contribution in [2.24, 2.45) is 11.0 Å². The molecule has 0 atom stereocenters. The van der Waals surface area contributed by atoms with Gasteiger partial charge < -0.3 is 4.74 Å². The van der Waals surface area contributed by atoms with Crippen molar-refractivity contribution in [3.8, 4) is 18.1 Å². The molecule has 1 fully saturated rings. The molecule has 6 heteroatoms. The van der Waals surface area contributed by atoms with Gasteiger partial charge in [0, 0.05) is 12.0 Å². The van der Waals surface area contributed by atoms with Gasteiger partial charge >= 0.3 is 0 Å². The average Bonchev–Trinajstić information content (AvgIpc) is 3.17. The van der Waals surface area contributed by atoms with Crippen LogP contribution in [0.15, 0.2) is 21.7 Å². The SMILES string of the molecule is C#CCOc1cc(N2CSC(C3CC3)=N2)c(F)cc1Br. The molecule has 1 aromatic carbocycles. The number of rotatable bonds is 4. The number of benzene rings is 1. The maximum absolute atomic E-state index is 14.1. The van der Waals surface area contributed by atoms with Crippen LogP contribution >= 0.6 is 27.7 Å². The summed E-state index contributed by atoms with van der Waals surface area (Å²) >= 11 is 4.95. The highest BCUT2D eigenvalue weighted by molar-refractivity contribution is 9.10. The van der Waals surface area contributed by atoms with Crippen LogP contribution in [0, 0.1) is 24.1 Å². The lowest BCUT2D eigenvalue weighted by atomic mass is 10.3. The number of hydrogen-bond donors (Lipinski definition) is 0. The van der Waals surface area contributed by atoms with Gasteiger partial charge in [0.2, 0.25) is 0 Å². The standard InChI is InChI=1S/C14H12BrFN2OS/c1-2-5-19-13-7-12(11(16)6-10(13)15)18-8-20-14(17-18)9-3-4-9/h1,6-7,9H,3-5,8H2. The zero-order valence-electron chi connectivity index (χ0n) is 10.6. The molecular formula is C14H12BrFN2OS. The van der Waals surface area contributed by atoms with E-state index in [0.717, 1.165) is 5.04 Å². The molecule has 1 saturated carbocycles. The van der Waals surface area contributed by atoms with Gasteiger partial charge in [-0.2, -0.15) is 5.10 Å². The van der Waals surface area contributed by atoms with Crippen molar-refractivity contribution in [1.29, 1.82) is 0 Å². The van der Waals surface area contributed by atoms with E-state index in [1.54, 1.807) is 22.8 Å². The number of nitrogens with zero attached hydrogens (tertiary/aromatic N) is 2. The molecule has 0 bridgehead atoms. The van der Waals surface area contributed by atoms with E-state index >= 15 is 0 Å². The summed E-state index contributed by atoms with van der Waals surface area (Å²) in [5, 5.41) is 7.29. The molecule has 2 aliphatic rings. The summed E-state index contributed by atoms with van der Waals surface area (Å²) in [6, 6.07) is 3.02. The molecular weight excluding hydrogens is 343 g/mol. The summed E-state index contributed by atoms with van der Waals surface area (Å²) in [6.07, 6.45) is 7.56. The van der Waals surface area contributed by atoms with Crippen LogP contribution < -0.4 is 9.75 Å². The Balaban J connectivity index is 1.87. The highest BCUT2D eigenvalue weighted by atomic mass is 79.9. The average molecular weight is 355 g/mol. The second-order valence-corrected chi connectivity index (χ2v) is 6.43. The van der Waals surface area contributed by atoms with E-state index in [-0.39, 0.29) is 12.4 Å². The van der Waals surface area contributed by atoms with Crippen LogP contribution in [0.25, 0.3) is 0 Å². The largest absolute Gasteiger partial charge is 0.480 e. The van der Waals surface area contributed by atoms with E-state index in [9.17, 15) is 4.39 Å². The van der Waals surface area contributed by atoms with Gasteiger partial charge in [-0.25, -0.2) is 4.39 Å². The molecule has 0 saturated heterocycles. The molecule has 0 amide bonds. The smallest absolute Gasteiger partial charge is 0.149 e. The Bertz CT molecular complexity index is 610. The first-order chi connectivity index (χ1) is 9.69. The maximum atomic E-state index is 14.1. The number of anilines is 1. The van der Waals surface area contributed by atoms with Crippen molar-refractivity contribution in [1.82, 2.24) is 0 Å². The van der Waals surface area contributed by atoms with Crippen LogP contribution in [-0.2, 0) is 0 Å². The molecule has 1 heterocycles. The lowest BCUT2D eigenvalue weighted by Crippen LogP contribution is -2.13. The van der Waals surface area contributed by atoms with Gasteiger partial charge in [0.25, 0.3) is 0 Å². The van der Waals surface area contributed by atoms with Gasteiger partial charge in [-0.05, 0) is 34.8 Å². The Labute approximate surface area is 129 Å². The molecule has 3 nitrogen and oxygen atoms in total. The van der Waals surface area contributed by atoms with Crippen LogP contribution in [0.5, 0.6) is 5.75 Å². The monoisotopic (exact) mass is 354 g/mol. The van der Waals surface area contributed by atoms with Crippen LogP contribution in [0.3, 0.4) is 0 Å². The summed E-state index contributed by atoms with van der Waals surface area (Å²) < 4.78 is 20.0. The Morgan fingerprint density at radius 3 is 3.05 bits per heavy atom. The minimum absolute atomic E-state index is 0.148. The summed E-state index contributed by atoms with van der Waals surface area (Å²) in [5.74, 6) is 3.82. The van der Waals surface area contributed by atoms with E-state index in [1.807, 2.05) is 0 Å². The summed E-state index contributed by atoms with van der Waals surface area (Å²) in [4.78, 5) is 0. The first-order valence-corrected chi connectivity index (χ1v) is 8.01. The molecule has 104 valence electrons. The first kappa shape index (κ1) is 13.8. The minimum atomic E-state index is -0.327. The summed E-state index contributed by atoms with van der Waals surface area (Å²) in [6.45, 7) is 0.148. The zero-order valence-corrected chi connectivity index (χ0v) is 13.0. The van der Waals surface area contributed by atoms with Crippen LogP contribution in [0.1, 0.15) is 12.8 Å². The number of hydrogen-bond acceptors (Lipinski definition) is 4. The predicted octanol–water partition coefficient (Wildman–Crippen LogP) is 3.83. The van der Waals surface area contributed by atoms with E-state index < -0.39 is 0 Å². The normalized spacial score (nSPS) is 17.9. The fourth-order valence-electron chi connectivity index (χ4n) is 1.90. The molecule has 0 radical (unpaired) electrons. The van der Waals surface area contributed by atoms with Gasteiger partial charge in [-0.3, -0.25) is 5.01 Å². The van der Waals surface area contributed by atoms with Crippen molar-refractivity contribution in [3.63, 3.8) is 0 Å². The van der Waals surface area contributed by atoms with Crippen molar-refractivity contribution < 1.29 is 9.13 Å². The third-order valence-electron chi connectivity index (χ3n) is 3.07. The van der Waals surface area contributed by atoms with Crippen molar-refractivity contribution in [3.05, 3.63) is 22.4 Å². The van der Waals surface area contributed by atoms with Crippen LogP contribution in [0.2, 0.25) is 0 Å². The van der Waals surface area contributed by atoms with Crippen LogP contribution in [-0.4, -0.2) is 17.5 Å². The maximum Gasteiger partial charge on any atom is 0.149 e. The zero-order chi connectivity index (χ0) is 14.1. The Morgan fingerprint density at radius 1 is 1.55 bits per heavy atom. The third-order valence-corrected chi connectivity index (χ3v) is 4.78. The number of halogens is 2. The summed E-state index contributed by atoms with van der Waals surface area (Å²) in [7, 11) is 0. The van der Waals surface area contributed by atoms with Crippen LogP contribution in [0.4, 0.5) is 10.1 Å². The number of ether oxygens (including phenoxy) is 1. The van der Waals surface area contributed by atoms with Crippen molar-refractivity contribution in [2.75, 3.05) is 17.5 Å². The first-order valence-electron chi connectivity index (χ1n) is 6.23. The van der Waals surface area contributed by atoms with E-state index in [2.05, 4.69) is 27.0 Å². The number of thioether (sulfide) groups is 1. The molecule has 1 aromatic rings. The summed E-state index contributed by atoms with van der Waals surface area (Å²) in [5.41, 5.74) is 0.420. The Kier molecular flexibility index (Phi) is 3.90. The van der Waals surface area contributed by atoms with Gasteiger partial charge in [0.1, 0.15) is 18.2 Å². The van der Waals surface area contributed by atoms with E-state index in [4.69, 9.17) is 11.2 Å². The van der Waals surface area contributed by atoms with Gasteiger partial charge in [0.05, 0.1) is 21.1 Å². The second kappa shape index (κ2) is 5.66. The Hall–Kier alpha value is -1.19. The quantitative estimate of drug-likeness (QED) is 0.768. The number of hydrazone groups is 1. The van der Waals surface area contributed by atoms with Crippen molar-refractivity contribution in [2.45, 2.75) is 12.8 Å². The van der Waals surface area contributed by atoms with E-state index in [0.29, 0.717) is 27.7 Å². The highest BCUT2D eigenvalue weighted by Crippen LogP contribution is 2.41. The third kappa shape index (κ3) is 2.79. The molecule has 20 heavy (non-hydrogen) atoms. The van der Waals surface area contributed by atoms with Gasteiger partial charge in [-0.15, -0.1) is 6.42 Å². The van der Waals surface area contributed by atoms with Crippen molar-refractivity contribution >= 4 is 38.4 Å². The molecule has 3 rings (SSSR count). The Morgan fingerprint density at radius 2 is 2.35 bits per heavy atom. The van der Waals surface area contributed by atoms with Gasteiger partial charge in [-0.1, -0.05) is 17.7 Å². The number of terminal acetylenes is 1. The minimum Gasteiger partial charge on any atom is -0.480 e. The highest BCUT2D eigenvalue weighted by Gasteiger charge is 2.32. The lowest BCUT2D eigenvalue weighted by Gasteiger charge is -2.16. The molecule has 1 aliphatic heterocycles. The lowest BCUT2D eigenvalue weighted by molar-refractivity contribution is 0.367. The molecule has 0 unspecified atom stereocenters. The predicted molar refractivity (Wildman–Crippen MR) is 83.5 cm³/mol. The van der Waals surface area contributed by atoms with Gasteiger partial charge in [0.15, 0.2) is 0 Å². The fourth-order valence-corrected chi connectivity index (χ4v) is 3.41.